The van der Waals surface area contributed by atoms with Crippen LogP contribution >= 0.6 is 0 Å². The fraction of sp³-hybridized carbons (Fsp3) is 0.333. The number of halogens is 5. The van der Waals surface area contributed by atoms with Crippen LogP contribution in [0.2, 0.25) is 0 Å². The number of ether oxygens (including phenoxy) is 1. The molecule has 5 nitrogen and oxygen atoms in total. The van der Waals surface area contributed by atoms with Crippen LogP contribution in [-0.4, -0.2) is 17.6 Å². The molecule has 3 rings (SSSR count). The lowest BCUT2D eigenvalue weighted by Gasteiger charge is -2.19. The summed E-state index contributed by atoms with van der Waals surface area (Å²) >= 11 is 0. The number of aliphatic hydroxyl groups excluding tert-OH is 1. The van der Waals surface area contributed by atoms with E-state index in [1.165, 1.54) is 0 Å². The summed E-state index contributed by atoms with van der Waals surface area (Å²) in [7, 11) is 0. The van der Waals surface area contributed by atoms with E-state index in [9.17, 15) is 37.1 Å². The van der Waals surface area contributed by atoms with Crippen LogP contribution in [0.3, 0.4) is 0 Å². The fourth-order valence-corrected chi connectivity index (χ4v) is 3.35. The zero-order chi connectivity index (χ0) is 23.0. The molecule has 1 unspecified atom stereocenters. The second-order valence-corrected chi connectivity index (χ2v) is 7.07. The molecule has 2 aromatic rings. The van der Waals surface area contributed by atoms with Gasteiger partial charge in [0.25, 0.3) is 0 Å². The maximum absolute atomic E-state index is 14.5. The average molecular weight is 440 g/mol. The van der Waals surface area contributed by atoms with Gasteiger partial charge in [0, 0.05) is 17.9 Å². The Balaban J connectivity index is 1.88. The van der Waals surface area contributed by atoms with Crippen molar-refractivity contribution in [2.75, 3.05) is 11.9 Å². The number of anilines is 1. The first-order valence-corrected chi connectivity index (χ1v) is 9.25. The third-order valence-corrected chi connectivity index (χ3v) is 5.08. The van der Waals surface area contributed by atoms with Gasteiger partial charge in [-0.3, -0.25) is 4.79 Å². The van der Waals surface area contributed by atoms with Gasteiger partial charge in [-0.25, -0.2) is 8.78 Å². The van der Waals surface area contributed by atoms with Crippen LogP contribution in [0.5, 0.6) is 0 Å². The predicted molar refractivity (Wildman–Crippen MR) is 98.6 cm³/mol. The van der Waals surface area contributed by atoms with Gasteiger partial charge < -0.3 is 15.2 Å². The fourth-order valence-electron chi connectivity index (χ4n) is 3.35. The largest absolute Gasteiger partial charge is 0.416 e. The molecule has 1 atom stereocenters. The molecule has 31 heavy (non-hydrogen) atoms. The van der Waals surface area contributed by atoms with E-state index < -0.39 is 46.5 Å². The number of nitrogens with one attached hydrogen (secondary N) is 1. The zero-order valence-electron chi connectivity index (χ0n) is 16.2. The Bertz CT molecular complexity index is 1060. The molecule has 1 saturated carbocycles. The van der Waals surface area contributed by atoms with Crippen molar-refractivity contribution < 1.29 is 36.6 Å². The second kappa shape index (κ2) is 8.24. The van der Waals surface area contributed by atoms with Crippen molar-refractivity contribution in [3.63, 3.8) is 0 Å². The first-order valence-electron chi connectivity index (χ1n) is 9.25. The minimum Gasteiger partial charge on any atom is -0.364 e. The van der Waals surface area contributed by atoms with Crippen LogP contribution in [0.15, 0.2) is 30.3 Å². The van der Waals surface area contributed by atoms with Gasteiger partial charge >= 0.3 is 6.18 Å². The van der Waals surface area contributed by atoms with E-state index in [1.807, 2.05) is 0 Å². The molecular formula is C21H17F5N2O3. The van der Waals surface area contributed by atoms with Crippen molar-refractivity contribution >= 4 is 11.6 Å². The zero-order valence-corrected chi connectivity index (χ0v) is 16.2. The monoisotopic (exact) mass is 440 g/mol. The third-order valence-electron chi connectivity index (χ3n) is 5.08. The molecule has 2 N–H and O–H groups in total. The number of carbonyl (C=O) groups excluding carboxylic acids is 1. The lowest BCUT2D eigenvalue weighted by atomic mass is 9.93. The first kappa shape index (κ1) is 22.7. The number of aliphatic hydroxyl groups is 1. The van der Waals surface area contributed by atoms with E-state index in [2.05, 4.69) is 5.32 Å². The Morgan fingerprint density at radius 3 is 2.45 bits per heavy atom. The minimum atomic E-state index is -4.72. The van der Waals surface area contributed by atoms with E-state index in [1.54, 1.807) is 13.0 Å². The standard InChI is InChI=1S/C21H17F5N2O3/c1-2-31-18(29)17-11(10-27)7-13(9-16(17)23)28-19(30)20(5-6-20)14-4-3-12(8-15(14)22)21(24,25)26/h3-4,7-9,18,29H,2,5-6H2,1H3,(H,28,30). The van der Waals surface area contributed by atoms with Gasteiger partial charge in [0.05, 0.1) is 28.2 Å². The number of rotatable bonds is 6. The number of benzene rings is 2. The van der Waals surface area contributed by atoms with Gasteiger partial charge in [-0.05, 0) is 44.0 Å². The summed E-state index contributed by atoms with van der Waals surface area (Å²) in [6, 6.07) is 5.66. The molecule has 0 spiro atoms. The van der Waals surface area contributed by atoms with Crippen molar-refractivity contribution in [1.82, 2.24) is 0 Å². The number of carbonyl (C=O) groups is 1. The van der Waals surface area contributed by atoms with Crippen molar-refractivity contribution in [2.45, 2.75) is 37.6 Å². The molecule has 0 radical (unpaired) electrons. The van der Waals surface area contributed by atoms with Gasteiger partial charge in [-0.1, -0.05) is 6.07 Å². The SMILES string of the molecule is CCOC(O)c1c(F)cc(NC(=O)C2(c3ccc(C(F)(F)F)cc3F)CC2)cc1C#N. The number of nitrogens with zero attached hydrogens (tertiary/aromatic N) is 1. The van der Waals surface area contributed by atoms with E-state index in [0.29, 0.717) is 12.1 Å². The Morgan fingerprint density at radius 2 is 1.94 bits per heavy atom. The molecule has 2 aromatic carbocycles. The van der Waals surface area contributed by atoms with E-state index in [0.717, 1.165) is 18.2 Å². The van der Waals surface area contributed by atoms with Crippen molar-refractivity contribution in [1.29, 1.82) is 5.26 Å². The van der Waals surface area contributed by atoms with Gasteiger partial charge in [0.1, 0.15) is 11.6 Å². The van der Waals surface area contributed by atoms with Crippen LogP contribution in [0.25, 0.3) is 0 Å². The van der Waals surface area contributed by atoms with Gasteiger partial charge in [-0.2, -0.15) is 18.4 Å². The Labute approximate surface area is 174 Å². The third kappa shape index (κ3) is 4.38. The maximum Gasteiger partial charge on any atom is 0.416 e. The molecule has 0 heterocycles. The predicted octanol–water partition coefficient (Wildman–Crippen LogP) is 4.55. The van der Waals surface area contributed by atoms with Crippen LogP contribution in [0.4, 0.5) is 27.6 Å². The molecule has 0 aromatic heterocycles. The molecule has 1 aliphatic carbocycles. The maximum atomic E-state index is 14.5. The highest BCUT2D eigenvalue weighted by molar-refractivity contribution is 6.01. The minimum absolute atomic E-state index is 0.0607. The Hall–Kier alpha value is -3.03. The lowest BCUT2D eigenvalue weighted by molar-refractivity contribution is -0.137. The molecular weight excluding hydrogens is 423 g/mol. The summed E-state index contributed by atoms with van der Waals surface area (Å²) in [6.45, 7) is 1.63. The van der Waals surface area contributed by atoms with Gasteiger partial charge in [0.15, 0.2) is 6.29 Å². The highest BCUT2D eigenvalue weighted by Gasteiger charge is 2.53. The number of amides is 1. The number of nitriles is 1. The topological polar surface area (TPSA) is 82.3 Å². The van der Waals surface area contributed by atoms with E-state index >= 15 is 0 Å². The molecule has 1 fully saturated rings. The highest BCUT2D eigenvalue weighted by Crippen LogP contribution is 2.50. The Kier molecular flexibility index (Phi) is 6.02. The first-order chi connectivity index (χ1) is 14.5. The highest BCUT2D eigenvalue weighted by atomic mass is 19.4. The number of alkyl halides is 3. The smallest absolute Gasteiger partial charge is 0.364 e. The molecule has 1 aliphatic rings. The van der Waals surface area contributed by atoms with E-state index in [-0.39, 0.29) is 36.3 Å². The molecule has 0 bridgehead atoms. The summed E-state index contributed by atoms with van der Waals surface area (Å²) in [5.74, 6) is -2.91. The van der Waals surface area contributed by atoms with Gasteiger partial charge in [-0.15, -0.1) is 0 Å². The van der Waals surface area contributed by atoms with Crippen molar-refractivity contribution in [2.24, 2.45) is 0 Å². The second-order valence-electron chi connectivity index (χ2n) is 7.07. The average Bonchev–Trinajstić information content (AvgIpc) is 3.48. The summed E-state index contributed by atoms with van der Waals surface area (Å²) in [4.78, 5) is 12.8. The molecule has 0 aliphatic heterocycles. The van der Waals surface area contributed by atoms with Crippen LogP contribution < -0.4 is 5.32 Å². The van der Waals surface area contributed by atoms with Crippen molar-refractivity contribution in [3.05, 3.63) is 64.2 Å². The number of hydrogen-bond donors (Lipinski definition) is 2. The molecule has 0 saturated heterocycles. The van der Waals surface area contributed by atoms with Crippen LogP contribution in [0, 0.1) is 23.0 Å². The van der Waals surface area contributed by atoms with E-state index in [4.69, 9.17) is 4.74 Å². The summed E-state index contributed by atoms with van der Waals surface area (Å²) in [5.41, 5.74) is -3.54. The summed E-state index contributed by atoms with van der Waals surface area (Å²) in [5, 5.41) is 21.5. The Morgan fingerprint density at radius 1 is 1.26 bits per heavy atom. The summed E-state index contributed by atoms with van der Waals surface area (Å²) in [6.07, 6.45) is -6.02. The summed E-state index contributed by atoms with van der Waals surface area (Å²) < 4.78 is 72.1. The number of hydrogen-bond acceptors (Lipinski definition) is 4. The lowest BCUT2D eigenvalue weighted by Crippen LogP contribution is -2.29. The molecule has 164 valence electrons. The van der Waals surface area contributed by atoms with Crippen molar-refractivity contribution in [3.8, 4) is 6.07 Å². The van der Waals surface area contributed by atoms with Gasteiger partial charge in [0.2, 0.25) is 5.91 Å². The van der Waals surface area contributed by atoms with Crippen LogP contribution in [-0.2, 0) is 21.1 Å². The quantitative estimate of drug-likeness (QED) is 0.510. The molecule has 10 heteroatoms. The van der Waals surface area contributed by atoms with Crippen LogP contribution in [0.1, 0.15) is 48.3 Å². The molecule has 1 amide bonds. The normalized spacial score (nSPS) is 15.8.